The standard InChI is InChI=1S/C14H26N2O3S/c1-3-14(7-4-5-8-14)10-15-13(19)16-11(12(17)18)6-9-20-2/h11H,3-10H2,1-2H3,(H,17,18)(H2,15,16,19)/t11-/m0/s1. The third-order valence-electron chi connectivity index (χ3n) is 4.25. The van der Waals surface area contributed by atoms with Crippen molar-refractivity contribution in [2.45, 2.75) is 51.5 Å². The van der Waals surface area contributed by atoms with Gasteiger partial charge in [-0.25, -0.2) is 9.59 Å². The second-order valence-electron chi connectivity index (χ2n) is 5.56. The zero-order chi connectivity index (χ0) is 15.0. The molecule has 0 heterocycles. The Hall–Kier alpha value is -0.910. The topological polar surface area (TPSA) is 78.4 Å². The third kappa shape index (κ3) is 5.23. The lowest BCUT2D eigenvalue weighted by Crippen LogP contribution is -2.48. The molecule has 1 atom stereocenters. The minimum absolute atomic E-state index is 0.218. The average molecular weight is 302 g/mol. The van der Waals surface area contributed by atoms with Crippen LogP contribution in [0.5, 0.6) is 0 Å². The lowest BCUT2D eigenvalue weighted by Gasteiger charge is -2.28. The Morgan fingerprint density at radius 3 is 2.50 bits per heavy atom. The number of nitrogens with one attached hydrogen (secondary N) is 2. The highest BCUT2D eigenvalue weighted by Crippen LogP contribution is 2.40. The summed E-state index contributed by atoms with van der Waals surface area (Å²) in [5.41, 5.74) is 0.218. The summed E-state index contributed by atoms with van der Waals surface area (Å²) >= 11 is 1.58. The van der Waals surface area contributed by atoms with Gasteiger partial charge in [-0.15, -0.1) is 0 Å². The molecule has 0 bridgehead atoms. The first-order valence-corrected chi connectivity index (χ1v) is 8.68. The quantitative estimate of drug-likeness (QED) is 0.643. The van der Waals surface area contributed by atoms with Gasteiger partial charge in [0.2, 0.25) is 0 Å². The number of hydrogen-bond acceptors (Lipinski definition) is 3. The zero-order valence-corrected chi connectivity index (χ0v) is 13.2. The maximum absolute atomic E-state index is 11.8. The minimum atomic E-state index is -0.972. The number of amides is 2. The van der Waals surface area contributed by atoms with E-state index in [-0.39, 0.29) is 11.4 Å². The Balaban J connectivity index is 2.39. The van der Waals surface area contributed by atoms with Crippen molar-refractivity contribution >= 4 is 23.8 Å². The van der Waals surface area contributed by atoms with Gasteiger partial charge in [0.25, 0.3) is 0 Å². The summed E-state index contributed by atoms with van der Waals surface area (Å²) in [5.74, 6) is -0.254. The molecule has 1 saturated carbocycles. The van der Waals surface area contributed by atoms with Gasteiger partial charge in [-0.05, 0) is 43.1 Å². The Labute approximate surface area is 125 Å². The van der Waals surface area contributed by atoms with Crippen molar-refractivity contribution in [2.24, 2.45) is 5.41 Å². The molecule has 6 heteroatoms. The number of urea groups is 1. The van der Waals surface area contributed by atoms with Crippen LogP contribution in [0, 0.1) is 5.41 Å². The van der Waals surface area contributed by atoms with Gasteiger partial charge in [-0.2, -0.15) is 11.8 Å². The lowest BCUT2D eigenvalue weighted by molar-refractivity contribution is -0.139. The maximum atomic E-state index is 11.8. The smallest absolute Gasteiger partial charge is 0.326 e. The van der Waals surface area contributed by atoms with Crippen LogP contribution >= 0.6 is 11.8 Å². The van der Waals surface area contributed by atoms with E-state index in [4.69, 9.17) is 5.11 Å². The van der Waals surface area contributed by atoms with Gasteiger partial charge in [0.05, 0.1) is 0 Å². The fourth-order valence-corrected chi connectivity index (χ4v) is 3.22. The Bertz CT molecular complexity index is 330. The van der Waals surface area contributed by atoms with Gasteiger partial charge in [0, 0.05) is 6.54 Å². The molecule has 0 unspecified atom stereocenters. The molecule has 0 aromatic rings. The molecule has 1 aliphatic carbocycles. The van der Waals surface area contributed by atoms with Crippen molar-refractivity contribution in [3.63, 3.8) is 0 Å². The molecular weight excluding hydrogens is 276 g/mol. The summed E-state index contributed by atoms with van der Waals surface area (Å²) in [7, 11) is 0. The predicted molar refractivity (Wildman–Crippen MR) is 82.1 cm³/mol. The van der Waals surface area contributed by atoms with Gasteiger partial charge < -0.3 is 15.7 Å². The van der Waals surface area contributed by atoms with E-state index in [2.05, 4.69) is 17.6 Å². The van der Waals surface area contributed by atoms with Gasteiger partial charge in [0.1, 0.15) is 6.04 Å². The van der Waals surface area contributed by atoms with E-state index in [9.17, 15) is 9.59 Å². The summed E-state index contributed by atoms with van der Waals surface area (Å²) in [6.07, 6.45) is 8.18. The van der Waals surface area contributed by atoms with Crippen LogP contribution in [0.2, 0.25) is 0 Å². The normalized spacial score (nSPS) is 18.5. The molecule has 2 amide bonds. The van der Waals surface area contributed by atoms with Gasteiger partial charge in [0.15, 0.2) is 0 Å². The number of carboxylic acids is 1. The van der Waals surface area contributed by atoms with E-state index < -0.39 is 12.0 Å². The molecule has 0 aromatic heterocycles. The molecule has 0 aromatic carbocycles. The predicted octanol–water partition coefficient (Wildman–Crippen LogP) is 2.46. The number of carboxylic acid groups (broad SMARTS) is 1. The average Bonchev–Trinajstić information content (AvgIpc) is 2.90. The molecule has 20 heavy (non-hydrogen) atoms. The monoisotopic (exact) mass is 302 g/mol. The van der Waals surface area contributed by atoms with Crippen LogP contribution in [0.1, 0.15) is 45.4 Å². The summed E-state index contributed by atoms with van der Waals surface area (Å²) in [4.78, 5) is 22.9. The summed E-state index contributed by atoms with van der Waals surface area (Å²) in [5, 5.41) is 14.5. The molecule has 1 fully saturated rings. The second kappa shape index (κ2) is 8.39. The minimum Gasteiger partial charge on any atom is -0.480 e. The molecule has 0 spiro atoms. The fraction of sp³-hybridized carbons (Fsp3) is 0.857. The highest BCUT2D eigenvalue weighted by atomic mass is 32.2. The van der Waals surface area contributed by atoms with Gasteiger partial charge in [-0.1, -0.05) is 19.8 Å². The van der Waals surface area contributed by atoms with Gasteiger partial charge in [-0.3, -0.25) is 0 Å². The first-order valence-electron chi connectivity index (χ1n) is 7.29. The fourth-order valence-electron chi connectivity index (χ4n) is 2.75. The van der Waals surface area contributed by atoms with Crippen LogP contribution in [0.15, 0.2) is 0 Å². The zero-order valence-electron chi connectivity index (χ0n) is 12.4. The largest absolute Gasteiger partial charge is 0.480 e. The molecule has 116 valence electrons. The number of thioether (sulfide) groups is 1. The van der Waals surface area contributed by atoms with E-state index in [0.717, 1.165) is 25.0 Å². The van der Waals surface area contributed by atoms with Crippen molar-refractivity contribution in [3.05, 3.63) is 0 Å². The molecule has 5 nitrogen and oxygen atoms in total. The number of aliphatic carboxylic acids is 1. The van der Waals surface area contributed by atoms with E-state index >= 15 is 0 Å². The van der Waals surface area contributed by atoms with Crippen molar-refractivity contribution in [1.82, 2.24) is 10.6 Å². The summed E-state index contributed by atoms with van der Waals surface area (Å²) in [6, 6.07) is -1.16. The maximum Gasteiger partial charge on any atom is 0.326 e. The van der Waals surface area contributed by atoms with Crippen LogP contribution in [0.4, 0.5) is 4.79 Å². The number of carbonyl (C=O) groups excluding carboxylic acids is 1. The second-order valence-corrected chi connectivity index (χ2v) is 6.55. The number of carbonyl (C=O) groups is 2. The van der Waals surface area contributed by atoms with Crippen molar-refractivity contribution in [3.8, 4) is 0 Å². The molecule has 0 aliphatic heterocycles. The molecular formula is C14H26N2O3S. The third-order valence-corrected chi connectivity index (χ3v) is 4.90. The Kier molecular flexibility index (Phi) is 7.19. The summed E-state index contributed by atoms with van der Waals surface area (Å²) < 4.78 is 0. The van der Waals surface area contributed by atoms with E-state index in [0.29, 0.717) is 13.0 Å². The summed E-state index contributed by atoms with van der Waals surface area (Å²) in [6.45, 7) is 2.80. The molecule has 1 rings (SSSR count). The SMILES string of the molecule is CCC1(CNC(=O)N[C@@H](CCSC)C(=O)O)CCCC1. The van der Waals surface area contributed by atoms with E-state index in [1.165, 1.54) is 12.8 Å². The number of rotatable bonds is 8. The highest BCUT2D eigenvalue weighted by molar-refractivity contribution is 7.98. The van der Waals surface area contributed by atoms with Gasteiger partial charge >= 0.3 is 12.0 Å². The van der Waals surface area contributed by atoms with Crippen LogP contribution in [-0.4, -0.2) is 41.7 Å². The first-order chi connectivity index (χ1) is 9.53. The molecule has 0 radical (unpaired) electrons. The van der Waals surface area contributed by atoms with E-state index in [1.54, 1.807) is 11.8 Å². The van der Waals surface area contributed by atoms with Crippen LogP contribution < -0.4 is 10.6 Å². The van der Waals surface area contributed by atoms with E-state index in [1.807, 2.05) is 6.26 Å². The molecule has 0 saturated heterocycles. The molecule has 1 aliphatic rings. The van der Waals surface area contributed by atoms with Crippen molar-refractivity contribution < 1.29 is 14.7 Å². The highest BCUT2D eigenvalue weighted by Gasteiger charge is 2.32. The first kappa shape index (κ1) is 17.1. The Morgan fingerprint density at radius 1 is 1.35 bits per heavy atom. The van der Waals surface area contributed by atoms with Crippen LogP contribution in [-0.2, 0) is 4.79 Å². The molecule has 3 N–H and O–H groups in total. The lowest BCUT2D eigenvalue weighted by atomic mass is 9.83. The van der Waals surface area contributed by atoms with Crippen molar-refractivity contribution in [2.75, 3.05) is 18.6 Å². The van der Waals surface area contributed by atoms with Crippen LogP contribution in [0.25, 0.3) is 0 Å². The van der Waals surface area contributed by atoms with Crippen molar-refractivity contribution in [1.29, 1.82) is 0 Å². The number of hydrogen-bond donors (Lipinski definition) is 3. The van der Waals surface area contributed by atoms with Crippen LogP contribution in [0.3, 0.4) is 0 Å². The Morgan fingerprint density at radius 2 is 2.00 bits per heavy atom.